The van der Waals surface area contributed by atoms with Crippen LogP contribution in [0, 0.1) is 0 Å². The van der Waals surface area contributed by atoms with Crippen LogP contribution in [-0.4, -0.2) is 30.8 Å². The van der Waals surface area contributed by atoms with Gasteiger partial charge in [0.25, 0.3) is 0 Å². The molecule has 0 radical (unpaired) electrons. The normalized spacial score (nSPS) is 14.0. The third-order valence-electron chi connectivity index (χ3n) is 3.63. The molecule has 0 aliphatic rings. The van der Waals surface area contributed by atoms with E-state index in [9.17, 15) is 5.11 Å². The highest BCUT2D eigenvalue weighted by Gasteiger charge is 2.26. The highest BCUT2D eigenvalue weighted by atomic mass is 16.5. The number of aliphatic imine (C=N–C) groups is 1. The Morgan fingerprint density at radius 3 is 2.76 bits per heavy atom. The maximum atomic E-state index is 10.5. The van der Waals surface area contributed by atoms with Crippen LogP contribution in [0.4, 0.5) is 0 Å². The van der Waals surface area contributed by atoms with E-state index < -0.39 is 5.60 Å². The van der Waals surface area contributed by atoms with Crippen molar-refractivity contribution in [3.63, 3.8) is 0 Å². The second-order valence-corrected chi connectivity index (χ2v) is 5.88. The van der Waals surface area contributed by atoms with Crippen molar-refractivity contribution in [3.8, 4) is 5.75 Å². The van der Waals surface area contributed by atoms with Crippen LogP contribution in [0.5, 0.6) is 5.75 Å². The van der Waals surface area contributed by atoms with Crippen LogP contribution in [0.2, 0.25) is 0 Å². The van der Waals surface area contributed by atoms with Crippen molar-refractivity contribution < 1.29 is 14.3 Å². The number of nitrogens with one attached hydrogen (secondary N) is 2. The van der Waals surface area contributed by atoms with Crippen LogP contribution in [0.3, 0.4) is 0 Å². The average molecular weight is 345 g/mol. The molecule has 0 aliphatic carbocycles. The molecular formula is C19H27N3O3. The highest BCUT2D eigenvalue weighted by Crippen LogP contribution is 2.19. The van der Waals surface area contributed by atoms with E-state index >= 15 is 0 Å². The fourth-order valence-electron chi connectivity index (χ4n) is 2.34. The summed E-state index contributed by atoms with van der Waals surface area (Å²) in [7, 11) is 0. The third kappa shape index (κ3) is 5.83. The molecule has 25 heavy (non-hydrogen) atoms. The summed E-state index contributed by atoms with van der Waals surface area (Å²) in [5.74, 6) is 1.99. The summed E-state index contributed by atoms with van der Waals surface area (Å²) in [5, 5.41) is 16.9. The van der Waals surface area contributed by atoms with Gasteiger partial charge in [-0.05, 0) is 50.6 Å². The SMILES string of the molecule is CCNC(=NCc1cccc(OCC)c1)NCC(C)(O)c1ccco1. The van der Waals surface area contributed by atoms with E-state index in [0.29, 0.717) is 24.9 Å². The summed E-state index contributed by atoms with van der Waals surface area (Å²) in [6.07, 6.45) is 1.55. The summed E-state index contributed by atoms with van der Waals surface area (Å²) in [6, 6.07) is 11.4. The summed E-state index contributed by atoms with van der Waals surface area (Å²) in [6.45, 7) is 7.82. The van der Waals surface area contributed by atoms with E-state index in [1.807, 2.05) is 38.1 Å². The molecule has 6 heteroatoms. The Bertz CT molecular complexity index is 666. The number of furan rings is 1. The molecule has 0 saturated heterocycles. The van der Waals surface area contributed by atoms with E-state index in [1.54, 1.807) is 25.3 Å². The molecule has 6 nitrogen and oxygen atoms in total. The van der Waals surface area contributed by atoms with E-state index in [4.69, 9.17) is 9.15 Å². The lowest BCUT2D eigenvalue weighted by molar-refractivity contribution is 0.0386. The van der Waals surface area contributed by atoms with Crippen molar-refractivity contribution in [2.24, 2.45) is 4.99 Å². The number of rotatable bonds is 8. The van der Waals surface area contributed by atoms with Gasteiger partial charge in [0, 0.05) is 6.54 Å². The number of ether oxygens (including phenoxy) is 1. The van der Waals surface area contributed by atoms with Gasteiger partial charge in [0.2, 0.25) is 0 Å². The number of aliphatic hydroxyl groups is 1. The second kappa shape index (κ2) is 9.13. The molecule has 0 fully saturated rings. The molecule has 1 aromatic heterocycles. The Morgan fingerprint density at radius 2 is 2.08 bits per heavy atom. The first kappa shape index (κ1) is 18.9. The summed E-state index contributed by atoms with van der Waals surface area (Å²) >= 11 is 0. The molecule has 0 bridgehead atoms. The van der Waals surface area contributed by atoms with Gasteiger partial charge in [0.15, 0.2) is 5.96 Å². The van der Waals surface area contributed by atoms with Crippen LogP contribution in [0.25, 0.3) is 0 Å². The van der Waals surface area contributed by atoms with Crippen LogP contribution in [0.1, 0.15) is 32.1 Å². The Balaban J connectivity index is 1.99. The zero-order valence-electron chi connectivity index (χ0n) is 15.1. The first-order chi connectivity index (χ1) is 12.0. The first-order valence-corrected chi connectivity index (χ1v) is 8.55. The lowest BCUT2D eigenvalue weighted by Gasteiger charge is -2.22. The van der Waals surface area contributed by atoms with Gasteiger partial charge in [-0.3, -0.25) is 0 Å². The Kier molecular flexibility index (Phi) is 6.89. The van der Waals surface area contributed by atoms with Gasteiger partial charge in [0.1, 0.15) is 17.1 Å². The van der Waals surface area contributed by atoms with E-state index in [2.05, 4.69) is 15.6 Å². The minimum atomic E-state index is -1.12. The second-order valence-electron chi connectivity index (χ2n) is 5.88. The molecule has 0 amide bonds. The van der Waals surface area contributed by atoms with Crippen molar-refractivity contribution in [1.82, 2.24) is 10.6 Å². The minimum absolute atomic E-state index is 0.283. The summed E-state index contributed by atoms with van der Waals surface area (Å²) in [4.78, 5) is 4.57. The maximum Gasteiger partial charge on any atom is 0.191 e. The maximum absolute atomic E-state index is 10.5. The fraction of sp³-hybridized carbons (Fsp3) is 0.421. The average Bonchev–Trinajstić information content (AvgIpc) is 3.14. The molecule has 0 spiro atoms. The van der Waals surface area contributed by atoms with Gasteiger partial charge in [-0.25, -0.2) is 4.99 Å². The molecule has 2 aromatic rings. The van der Waals surface area contributed by atoms with Crippen LogP contribution in [0.15, 0.2) is 52.1 Å². The van der Waals surface area contributed by atoms with Crippen molar-refractivity contribution in [3.05, 3.63) is 54.0 Å². The van der Waals surface area contributed by atoms with Crippen LogP contribution in [-0.2, 0) is 12.1 Å². The standard InChI is InChI=1S/C19H27N3O3/c1-4-20-18(22-14-19(3,23)17-10-7-11-25-17)21-13-15-8-6-9-16(12-15)24-5-2/h6-12,23H,4-5,13-14H2,1-3H3,(H2,20,21,22). The lowest BCUT2D eigenvalue weighted by Crippen LogP contribution is -2.44. The Morgan fingerprint density at radius 1 is 1.24 bits per heavy atom. The van der Waals surface area contributed by atoms with Gasteiger partial charge >= 0.3 is 0 Å². The molecular weight excluding hydrogens is 318 g/mol. The quantitative estimate of drug-likeness (QED) is 0.506. The van der Waals surface area contributed by atoms with Gasteiger partial charge in [-0.15, -0.1) is 0 Å². The van der Waals surface area contributed by atoms with Crippen molar-refractivity contribution in [2.75, 3.05) is 19.7 Å². The van der Waals surface area contributed by atoms with E-state index in [1.165, 1.54) is 0 Å². The summed E-state index contributed by atoms with van der Waals surface area (Å²) < 4.78 is 10.8. The number of hydrogen-bond donors (Lipinski definition) is 3. The largest absolute Gasteiger partial charge is 0.494 e. The van der Waals surface area contributed by atoms with Gasteiger partial charge < -0.3 is 24.9 Å². The zero-order valence-corrected chi connectivity index (χ0v) is 15.1. The van der Waals surface area contributed by atoms with Crippen molar-refractivity contribution >= 4 is 5.96 Å². The number of guanidine groups is 1. The predicted octanol–water partition coefficient (Wildman–Crippen LogP) is 2.64. The smallest absolute Gasteiger partial charge is 0.191 e. The monoisotopic (exact) mass is 345 g/mol. The molecule has 1 heterocycles. The molecule has 1 aromatic carbocycles. The number of nitrogens with zero attached hydrogens (tertiary/aromatic N) is 1. The van der Waals surface area contributed by atoms with Gasteiger partial charge in [-0.1, -0.05) is 12.1 Å². The Hall–Kier alpha value is -2.47. The predicted molar refractivity (Wildman–Crippen MR) is 98.7 cm³/mol. The highest BCUT2D eigenvalue weighted by molar-refractivity contribution is 5.79. The van der Waals surface area contributed by atoms with E-state index in [0.717, 1.165) is 17.9 Å². The molecule has 0 aliphatic heterocycles. The fourth-order valence-corrected chi connectivity index (χ4v) is 2.34. The molecule has 1 atom stereocenters. The summed E-state index contributed by atoms with van der Waals surface area (Å²) in [5.41, 5.74) is -0.0601. The number of hydrogen-bond acceptors (Lipinski definition) is 4. The topological polar surface area (TPSA) is 79.0 Å². The molecule has 136 valence electrons. The van der Waals surface area contributed by atoms with Crippen molar-refractivity contribution in [2.45, 2.75) is 32.9 Å². The third-order valence-corrected chi connectivity index (χ3v) is 3.63. The molecule has 1 unspecified atom stereocenters. The molecule has 3 N–H and O–H groups in total. The van der Waals surface area contributed by atoms with Gasteiger partial charge in [0.05, 0.1) is 26.0 Å². The molecule has 2 rings (SSSR count). The lowest BCUT2D eigenvalue weighted by atomic mass is 10.0. The van der Waals surface area contributed by atoms with Crippen molar-refractivity contribution in [1.29, 1.82) is 0 Å². The zero-order chi connectivity index (χ0) is 18.1. The number of benzene rings is 1. The minimum Gasteiger partial charge on any atom is -0.494 e. The van der Waals surface area contributed by atoms with Crippen LogP contribution >= 0.6 is 0 Å². The van der Waals surface area contributed by atoms with Crippen LogP contribution < -0.4 is 15.4 Å². The van der Waals surface area contributed by atoms with Gasteiger partial charge in [-0.2, -0.15) is 0 Å². The van der Waals surface area contributed by atoms with E-state index in [-0.39, 0.29) is 6.54 Å². The first-order valence-electron chi connectivity index (χ1n) is 8.55. The molecule has 0 saturated carbocycles. The Labute approximate surface area is 148 Å².